The molecule has 0 bridgehead atoms. The molecule has 0 radical (unpaired) electrons. The molecule has 96 valence electrons. The van der Waals surface area contributed by atoms with Crippen molar-refractivity contribution in [3.63, 3.8) is 0 Å². The van der Waals surface area contributed by atoms with Crippen molar-refractivity contribution in [2.24, 2.45) is 5.41 Å². The SMILES string of the molecule is CCCCCCCCCC(C)(C)C=COC. The Morgan fingerprint density at radius 2 is 1.50 bits per heavy atom. The Balaban J connectivity index is 3.39. The Bertz CT molecular complexity index is 170. The number of rotatable bonds is 10. The Morgan fingerprint density at radius 3 is 2.06 bits per heavy atom. The third-order valence-corrected chi connectivity index (χ3v) is 3.08. The molecule has 0 aliphatic carbocycles. The van der Waals surface area contributed by atoms with Crippen LogP contribution in [-0.2, 0) is 4.74 Å². The summed E-state index contributed by atoms with van der Waals surface area (Å²) >= 11 is 0. The van der Waals surface area contributed by atoms with E-state index in [1.165, 1.54) is 51.4 Å². The van der Waals surface area contributed by atoms with Gasteiger partial charge in [0.15, 0.2) is 0 Å². The fourth-order valence-electron chi connectivity index (χ4n) is 1.87. The minimum atomic E-state index is 0.291. The van der Waals surface area contributed by atoms with E-state index in [0.717, 1.165) is 0 Å². The van der Waals surface area contributed by atoms with Gasteiger partial charge in [0.05, 0.1) is 13.4 Å². The zero-order valence-corrected chi connectivity index (χ0v) is 11.7. The highest BCUT2D eigenvalue weighted by Crippen LogP contribution is 2.25. The number of hydrogen-bond acceptors (Lipinski definition) is 1. The summed E-state index contributed by atoms with van der Waals surface area (Å²) < 4.78 is 4.97. The van der Waals surface area contributed by atoms with E-state index in [1.807, 2.05) is 0 Å². The minimum absolute atomic E-state index is 0.291. The number of methoxy groups -OCH3 is 1. The van der Waals surface area contributed by atoms with Gasteiger partial charge in [0.2, 0.25) is 0 Å². The molecule has 0 N–H and O–H groups in total. The molecule has 0 heterocycles. The van der Waals surface area contributed by atoms with Gasteiger partial charge in [-0.05, 0) is 17.9 Å². The molecule has 1 heteroatoms. The van der Waals surface area contributed by atoms with Crippen LogP contribution < -0.4 is 0 Å². The standard InChI is InChI=1S/C15H30O/c1-5-6-7-8-9-10-11-12-15(2,3)13-14-16-4/h13-14H,5-12H2,1-4H3. The highest BCUT2D eigenvalue weighted by molar-refractivity contribution is 4.90. The quantitative estimate of drug-likeness (QED) is 0.362. The van der Waals surface area contributed by atoms with Gasteiger partial charge < -0.3 is 4.74 Å². The second kappa shape index (κ2) is 9.74. The molecule has 0 aromatic carbocycles. The zero-order chi connectivity index (χ0) is 12.3. The molecule has 0 aromatic rings. The van der Waals surface area contributed by atoms with Crippen LogP contribution in [0.4, 0.5) is 0 Å². The van der Waals surface area contributed by atoms with Crippen LogP contribution in [0.15, 0.2) is 12.3 Å². The lowest BCUT2D eigenvalue weighted by Crippen LogP contribution is -2.07. The Labute approximate surface area is 102 Å². The second-order valence-corrected chi connectivity index (χ2v) is 5.40. The van der Waals surface area contributed by atoms with E-state index in [9.17, 15) is 0 Å². The van der Waals surface area contributed by atoms with Gasteiger partial charge in [-0.3, -0.25) is 0 Å². The summed E-state index contributed by atoms with van der Waals surface area (Å²) in [4.78, 5) is 0. The maximum absolute atomic E-state index is 4.97. The Kier molecular flexibility index (Phi) is 9.46. The van der Waals surface area contributed by atoms with Gasteiger partial charge in [0.1, 0.15) is 0 Å². The highest BCUT2D eigenvalue weighted by Gasteiger charge is 2.12. The second-order valence-electron chi connectivity index (χ2n) is 5.40. The maximum atomic E-state index is 4.97. The van der Waals surface area contributed by atoms with E-state index in [1.54, 1.807) is 13.4 Å². The van der Waals surface area contributed by atoms with E-state index in [4.69, 9.17) is 4.74 Å². The largest absolute Gasteiger partial charge is 0.505 e. The normalized spacial score (nSPS) is 12.2. The van der Waals surface area contributed by atoms with Gasteiger partial charge in [-0.2, -0.15) is 0 Å². The minimum Gasteiger partial charge on any atom is -0.505 e. The third kappa shape index (κ3) is 10.1. The summed E-state index contributed by atoms with van der Waals surface area (Å²) in [6, 6.07) is 0. The summed E-state index contributed by atoms with van der Waals surface area (Å²) in [5, 5.41) is 0. The molecule has 0 atom stereocenters. The molecule has 0 unspecified atom stereocenters. The van der Waals surface area contributed by atoms with E-state index >= 15 is 0 Å². The van der Waals surface area contributed by atoms with Crippen molar-refractivity contribution < 1.29 is 4.74 Å². The smallest absolute Gasteiger partial charge is 0.0790 e. The van der Waals surface area contributed by atoms with Crippen molar-refractivity contribution in [2.75, 3.05) is 7.11 Å². The fourth-order valence-corrected chi connectivity index (χ4v) is 1.87. The van der Waals surface area contributed by atoms with Crippen molar-refractivity contribution in [1.82, 2.24) is 0 Å². The molecule has 0 fully saturated rings. The molecular weight excluding hydrogens is 196 g/mol. The van der Waals surface area contributed by atoms with E-state index in [2.05, 4.69) is 26.8 Å². The van der Waals surface area contributed by atoms with E-state index < -0.39 is 0 Å². The molecule has 0 aliphatic heterocycles. The van der Waals surface area contributed by atoms with Crippen LogP contribution in [0.2, 0.25) is 0 Å². The van der Waals surface area contributed by atoms with Crippen LogP contribution in [0.3, 0.4) is 0 Å². The van der Waals surface area contributed by atoms with Crippen LogP contribution in [0.5, 0.6) is 0 Å². The third-order valence-electron chi connectivity index (χ3n) is 3.08. The average Bonchev–Trinajstić information content (AvgIpc) is 2.25. The van der Waals surface area contributed by atoms with E-state index in [-0.39, 0.29) is 0 Å². The lowest BCUT2D eigenvalue weighted by atomic mass is 9.87. The zero-order valence-electron chi connectivity index (χ0n) is 11.7. The predicted molar refractivity (Wildman–Crippen MR) is 72.5 cm³/mol. The van der Waals surface area contributed by atoms with Crippen molar-refractivity contribution in [3.05, 3.63) is 12.3 Å². The molecule has 0 aliphatic rings. The first kappa shape index (κ1) is 15.5. The summed E-state index contributed by atoms with van der Waals surface area (Å²) in [6.07, 6.45) is 15.0. The molecule has 0 saturated heterocycles. The van der Waals surface area contributed by atoms with Gasteiger partial charge in [-0.25, -0.2) is 0 Å². The Hall–Kier alpha value is -0.460. The molecule has 0 amide bonds. The van der Waals surface area contributed by atoms with Crippen molar-refractivity contribution in [3.8, 4) is 0 Å². The van der Waals surface area contributed by atoms with Gasteiger partial charge in [-0.1, -0.05) is 65.7 Å². The van der Waals surface area contributed by atoms with Gasteiger partial charge >= 0.3 is 0 Å². The molecule has 0 aromatic heterocycles. The van der Waals surface area contributed by atoms with Crippen LogP contribution >= 0.6 is 0 Å². The topological polar surface area (TPSA) is 9.23 Å². The number of unbranched alkanes of at least 4 members (excludes halogenated alkanes) is 6. The molecule has 0 spiro atoms. The first-order valence-electron chi connectivity index (χ1n) is 6.83. The van der Waals surface area contributed by atoms with Gasteiger partial charge in [-0.15, -0.1) is 0 Å². The van der Waals surface area contributed by atoms with Crippen LogP contribution in [0.1, 0.15) is 72.1 Å². The maximum Gasteiger partial charge on any atom is 0.0790 e. The molecular formula is C15H30O. The average molecular weight is 226 g/mol. The first-order chi connectivity index (χ1) is 7.62. The van der Waals surface area contributed by atoms with Gasteiger partial charge in [0, 0.05) is 0 Å². The molecule has 0 rings (SSSR count). The molecule has 0 saturated carbocycles. The number of ether oxygens (including phenoxy) is 1. The van der Waals surface area contributed by atoms with Gasteiger partial charge in [0.25, 0.3) is 0 Å². The summed E-state index contributed by atoms with van der Waals surface area (Å²) in [5.74, 6) is 0. The Morgan fingerprint density at radius 1 is 0.938 bits per heavy atom. The number of hydrogen-bond donors (Lipinski definition) is 0. The summed E-state index contributed by atoms with van der Waals surface area (Å²) in [7, 11) is 1.71. The first-order valence-corrected chi connectivity index (χ1v) is 6.83. The van der Waals surface area contributed by atoms with Crippen molar-refractivity contribution >= 4 is 0 Å². The molecule has 16 heavy (non-hydrogen) atoms. The lowest BCUT2D eigenvalue weighted by Gasteiger charge is -2.19. The monoisotopic (exact) mass is 226 g/mol. The van der Waals surface area contributed by atoms with E-state index in [0.29, 0.717) is 5.41 Å². The number of allylic oxidation sites excluding steroid dienone is 1. The molecule has 1 nitrogen and oxygen atoms in total. The van der Waals surface area contributed by atoms with Crippen LogP contribution in [0, 0.1) is 5.41 Å². The van der Waals surface area contributed by atoms with Crippen molar-refractivity contribution in [2.45, 2.75) is 72.1 Å². The fraction of sp³-hybridized carbons (Fsp3) is 0.867. The summed E-state index contributed by atoms with van der Waals surface area (Å²) in [5.41, 5.74) is 0.291. The predicted octanol–water partition coefficient (Wildman–Crippen LogP) is 5.31. The van der Waals surface area contributed by atoms with Crippen LogP contribution in [0.25, 0.3) is 0 Å². The summed E-state index contributed by atoms with van der Waals surface area (Å²) in [6.45, 7) is 6.82. The highest BCUT2D eigenvalue weighted by atomic mass is 16.5. The lowest BCUT2D eigenvalue weighted by molar-refractivity contribution is 0.320. The van der Waals surface area contributed by atoms with Crippen molar-refractivity contribution in [1.29, 1.82) is 0 Å². The van der Waals surface area contributed by atoms with Crippen LogP contribution in [-0.4, -0.2) is 7.11 Å².